The lowest BCUT2D eigenvalue weighted by molar-refractivity contribution is 0.0386. The van der Waals surface area contributed by atoms with E-state index in [0.717, 1.165) is 43.2 Å². The molecule has 0 radical (unpaired) electrons. The second-order valence-corrected chi connectivity index (χ2v) is 6.79. The van der Waals surface area contributed by atoms with E-state index in [9.17, 15) is 5.11 Å². The normalized spacial score (nSPS) is 20.6. The number of piperidine rings is 1. The van der Waals surface area contributed by atoms with Gasteiger partial charge in [-0.25, -0.2) is 0 Å². The van der Waals surface area contributed by atoms with Crippen molar-refractivity contribution in [2.75, 3.05) is 19.7 Å². The van der Waals surface area contributed by atoms with Crippen molar-refractivity contribution in [2.24, 2.45) is 5.41 Å². The van der Waals surface area contributed by atoms with E-state index in [4.69, 9.17) is 11.6 Å². The molecule has 96 valence electrons. The Bertz CT molecular complexity index is 352. The average molecular weight is 274 g/mol. The summed E-state index contributed by atoms with van der Waals surface area (Å²) in [4.78, 5) is 3.80. The maximum absolute atomic E-state index is 9.49. The second-order valence-electron chi connectivity index (χ2n) is 4.99. The molecular formula is C13H20ClNOS. The number of hydrogen-bond acceptors (Lipinski definition) is 3. The van der Waals surface area contributed by atoms with Gasteiger partial charge in [-0.2, -0.15) is 0 Å². The zero-order chi connectivity index (χ0) is 12.3. The summed E-state index contributed by atoms with van der Waals surface area (Å²) in [6.07, 6.45) is 3.31. The van der Waals surface area contributed by atoms with Gasteiger partial charge in [0.15, 0.2) is 0 Å². The summed E-state index contributed by atoms with van der Waals surface area (Å²) < 4.78 is 0.871. The number of aliphatic hydroxyl groups is 1. The Balaban J connectivity index is 1.87. The highest BCUT2D eigenvalue weighted by Crippen LogP contribution is 2.35. The zero-order valence-corrected chi connectivity index (χ0v) is 11.9. The van der Waals surface area contributed by atoms with Gasteiger partial charge in [-0.05, 0) is 49.9 Å². The quantitative estimate of drug-likeness (QED) is 0.909. The molecule has 0 unspecified atom stereocenters. The van der Waals surface area contributed by atoms with Gasteiger partial charge in [-0.1, -0.05) is 18.5 Å². The van der Waals surface area contributed by atoms with E-state index in [0.29, 0.717) is 6.61 Å². The molecular weight excluding hydrogens is 254 g/mol. The topological polar surface area (TPSA) is 23.5 Å². The highest BCUT2D eigenvalue weighted by Gasteiger charge is 2.32. The number of aliphatic hydroxyl groups excluding tert-OH is 1. The monoisotopic (exact) mass is 273 g/mol. The van der Waals surface area contributed by atoms with Gasteiger partial charge in [0.05, 0.1) is 4.34 Å². The second kappa shape index (κ2) is 5.70. The van der Waals surface area contributed by atoms with Crippen LogP contribution in [0.5, 0.6) is 0 Å². The van der Waals surface area contributed by atoms with Gasteiger partial charge in [-0.15, -0.1) is 11.3 Å². The number of nitrogens with zero attached hydrogens (tertiary/aromatic N) is 1. The summed E-state index contributed by atoms with van der Waals surface area (Å²) in [5.41, 5.74) is 0.184. The molecule has 0 aromatic carbocycles. The molecule has 1 aromatic rings. The van der Waals surface area contributed by atoms with Crippen LogP contribution in [0.3, 0.4) is 0 Å². The molecule has 17 heavy (non-hydrogen) atoms. The first-order valence-electron chi connectivity index (χ1n) is 6.25. The molecule has 0 amide bonds. The Morgan fingerprint density at radius 3 is 2.59 bits per heavy atom. The van der Waals surface area contributed by atoms with Gasteiger partial charge in [0.1, 0.15) is 0 Å². The van der Waals surface area contributed by atoms with Crippen LogP contribution < -0.4 is 0 Å². The summed E-state index contributed by atoms with van der Waals surface area (Å²) >= 11 is 7.60. The van der Waals surface area contributed by atoms with E-state index in [-0.39, 0.29) is 5.41 Å². The molecule has 0 saturated carbocycles. The zero-order valence-electron chi connectivity index (χ0n) is 10.3. The number of rotatable bonds is 4. The maximum Gasteiger partial charge on any atom is 0.0931 e. The first-order chi connectivity index (χ1) is 8.17. The molecule has 4 heteroatoms. The molecule has 1 saturated heterocycles. The molecule has 2 rings (SSSR count). The molecule has 1 aromatic heterocycles. The highest BCUT2D eigenvalue weighted by atomic mass is 35.5. The number of thiophene rings is 1. The van der Waals surface area contributed by atoms with Crippen LogP contribution in [0.4, 0.5) is 0 Å². The summed E-state index contributed by atoms with van der Waals surface area (Å²) in [6, 6.07) is 4.08. The van der Waals surface area contributed by atoms with Crippen LogP contribution in [0.25, 0.3) is 0 Å². The highest BCUT2D eigenvalue weighted by molar-refractivity contribution is 7.16. The van der Waals surface area contributed by atoms with Crippen LogP contribution in [0.1, 0.15) is 31.1 Å². The van der Waals surface area contributed by atoms with E-state index < -0.39 is 0 Å². The first kappa shape index (κ1) is 13.3. The van der Waals surface area contributed by atoms with Crippen LogP contribution in [-0.2, 0) is 6.54 Å². The van der Waals surface area contributed by atoms with Gasteiger partial charge in [0.25, 0.3) is 0 Å². The molecule has 0 spiro atoms. The Labute approximate surface area is 112 Å². The molecule has 0 bridgehead atoms. The van der Waals surface area contributed by atoms with Gasteiger partial charge < -0.3 is 5.11 Å². The van der Waals surface area contributed by atoms with Crippen LogP contribution in [0.15, 0.2) is 12.1 Å². The molecule has 1 aliphatic heterocycles. The van der Waals surface area contributed by atoms with E-state index in [1.165, 1.54) is 4.88 Å². The van der Waals surface area contributed by atoms with Crippen molar-refractivity contribution in [1.29, 1.82) is 0 Å². The Morgan fingerprint density at radius 2 is 2.12 bits per heavy atom. The Hall–Kier alpha value is -0.0900. The minimum atomic E-state index is 0.184. The smallest absolute Gasteiger partial charge is 0.0931 e. The number of likely N-dealkylation sites (tertiary alicyclic amines) is 1. The minimum absolute atomic E-state index is 0.184. The molecule has 1 aliphatic rings. The standard InChI is InChI=1S/C13H20ClNOS/c1-2-13(10-16)5-7-15(8-6-13)9-11-3-4-12(14)17-11/h3-4,16H,2,5-10H2,1H3. The number of halogens is 1. The molecule has 2 heterocycles. The van der Waals surface area contributed by atoms with E-state index in [1.807, 2.05) is 6.07 Å². The molecule has 0 atom stereocenters. The third-order valence-electron chi connectivity index (χ3n) is 4.01. The third-order valence-corrected chi connectivity index (χ3v) is 5.23. The molecule has 1 N–H and O–H groups in total. The third kappa shape index (κ3) is 3.22. The van der Waals surface area contributed by atoms with Crippen molar-refractivity contribution in [3.63, 3.8) is 0 Å². The predicted octanol–water partition coefficient (Wildman–Crippen LogP) is 3.39. The lowest BCUT2D eigenvalue weighted by Gasteiger charge is -2.40. The van der Waals surface area contributed by atoms with Crippen LogP contribution in [0.2, 0.25) is 4.34 Å². The first-order valence-corrected chi connectivity index (χ1v) is 7.44. The molecule has 1 fully saturated rings. The van der Waals surface area contributed by atoms with Crippen molar-refractivity contribution < 1.29 is 5.11 Å². The van der Waals surface area contributed by atoms with Gasteiger partial charge in [0.2, 0.25) is 0 Å². The van der Waals surface area contributed by atoms with Crippen LogP contribution >= 0.6 is 22.9 Å². The largest absolute Gasteiger partial charge is 0.396 e. The number of hydrogen-bond donors (Lipinski definition) is 1. The predicted molar refractivity (Wildman–Crippen MR) is 73.6 cm³/mol. The van der Waals surface area contributed by atoms with Crippen molar-refractivity contribution >= 4 is 22.9 Å². The average Bonchev–Trinajstić information content (AvgIpc) is 2.76. The van der Waals surface area contributed by atoms with Crippen molar-refractivity contribution in [2.45, 2.75) is 32.7 Å². The summed E-state index contributed by atoms with van der Waals surface area (Å²) in [6.45, 7) is 5.70. The molecule has 0 aliphatic carbocycles. The van der Waals surface area contributed by atoms with Gasteiger partial charge in [0, 0.05) is 18.0 Å². The molecule has 2 nitrogen and oxygen atoms in total. The lowest BCUT2D eigenvalue weighted by Crippen LogP contribution is -2.41. The summed E-state index contributed by atoms with van der Waals surface area (Å²) in [7, 11) is 0. The minimum Gasteiger partial charge on any atom is -0.396 e. The fourth-order valence-electron chi connectivity index (χ4n) is 2.47. The van der Waals surface area contributed by atoms with Crippen molar-refractivity contribution in [3.8, 4) is 0 Å². The fraction of sp³-hybridized carbons (Fsp3) is 0.692. The van der Waals surface area contributed by atoms with Crippen LogP contribution in [-0.4, -0.2) is 29.7 Å². The Kier molecular flexibility index (Phi) is 4.47. The van der Waals surface area contributed by atoms with E-state index >= 15 is 0 Å². The maximum atomic E-state index is 9.49. The van der Waals surface area contributed by atoms with Gasteiger partial charge in [-0.3, -0.25) is 4.90 Å². The van der Waals surface area contributed by atoms with Crippen molar-refractivity contribution in [3.05, 3.63) is 21.3 Å². The van der Waals surface area contributed by atoms with E-state index in [2.05, 4.69) is 17.9 Å². The van der Waals surface area contributed by atoms with Gasteiger partial charge >= 0.3 is 0 Å². The van der Waals surface area contributed by atoms with E-state index in [1.54, 1.807) is 11.3 Å². The Morgan fingerprint density at radius 1 is 1.41 bits per heavy atom. The summed E-state index contributed by atoms with van der Waals surface area (Å²) in [5.74, 6) is 0. The SMILES string of the molecule is CCC1(CO)CCN(Cc2ccc(Cl)s2)CC1. The summed E-state index contributed by atoms with van der Waals surface area (Å²) in [5, 5.41) is 9.49. The van der Waals surface area contributed by atoms with Crippen LogP contribution in [0, 0.1) is 5.41 Å². The fourth-order valence-corrected chi connectivity index (χ4v) is 3.60. The van der Waals surface area contributed by atoms with Crippen molar-refractivity contribution in [1.82, 2.24) is 4.90 Å². The lowest BCUT2D eigenvalue weighted by atomic mass is 9.77.